The van der Waals surface area contributed by atoms with Crippen molar-refractivity contribution in [2.24, 2.45) is 0 Å². The minimum Gasteiger partial charge on any atom is -0.478 e. The summed E-state index contributed by atoms with van der Waals surface area (Å²) in [6.45, 7) is 1.45. The summed E-state index contributed by atoms with van der Waals surface area (Å²) in [4.78, 5) is 15.6. The Labute approximate surface area is 138 Å². The minimum atomic E-state index is -1.13. The molecule has 7 heteroatoms. The quantitative estimate of drug-likeness (QED) is 0.646. The highest BCUT2D eigenvalue weighted by molar-refractivity contribution is 6.33. The van der Waals surface area contributed by atoms with Gasteiger partial charge in [-0.1, -0.05) is 23.7 Å². The second-order valence-corrected chi connectivity index (χ2v) is 5.51. The third-order valence-electron chi connectivity index (χ3n) is 3.30. The standard InChI is InChI=1S/C16H17ClN2O4/c1-9-3-2-4-13(17)14(9)19-15-12(16(22)23)6-5-10(18-15)7-11(21)8-20/h2-6,11,20-21H,7-8H2,1H3,(H,18,19)(H,22,23). The van der Waals surface area contributed by atoms with Gasteiger partial charge in [-0.25, -0.2) is 9.78 Å². The number of aliphatic hydroxyl groups excluding tert-OH is 2. The van der Waals surface area contributed by atoms with E-state index in [1.807, 2.05) is 13.0 Å². The first-order valence-corrected chi connectivity index (χ1v) is 7.34. The normalized spacial score (nSPS) is 12.0. The fourth-order valence-electron chi connectivity index (χ4n) is 2.10. The fourth-order valence-corrected chi connectivity index (χ4v) is 2.36. The number of hydrogen-bond donors (Lipinski definition) is 4. The average molecular weight is 337 g/mol. The molecule has 2 rings (SSSR count). The van der Waals surface area contributed by atoms with Gasteiger partial charge < -0.3 is 20.6 Å². The summed E-state index contributed by atoms with van der Waals surface area (Å²) in [5.74, 6) is -0.990. The molecule has 0 saturated heterocycles. The summed E-state index contributed by atoms with van der Waals surface area (Å²) >= 11 is 6.15. The first kappa shape index (κ1) is 17.2. The van der Waals surface area contributed by atoms with Gasteiger partial charge in [0, 0.05) is 12.1 Å². The number of benzene rings is 1. The lowest BCUT2D eigenvalue weighted by Gasteiger charge is -2.14. The number of carboxylic acid groups (broad SMARTS) is 1. The van der Waals surface area contributed by atoms with Gasteiger partial charge >= 0.3 is 5.97 Å². The van der Waals surface area contributed by atoms with E-state index < -0.39 is 18.7 Å². The Bertz CT molecular complexity index is 701. The van der Waals surface area contributed by atoms with Gasteiger partial charge in [-0.05, 0) is 30.7 Å². The van der Waals surface area contributed by atoms with Crippen LogP contribution in [-0.4, -0.2) is 39.0 Å². The average Bonchev–Trinajstić information content (AvgIpc) is 2.51. The Hall–Kier alpha value is -2.15. The first-order chi connectivity index (χ1) is 10.9. The Morgan fingerprint density at radius 2 is 2.09 bits per heavy atom. The molecule has 122 valence electrons. The van der Waals surface area contributed by atoms with Crippen LogP contribution in [0, 0.1) is 6.92 Å². The monoisotopic (exact) mass is 336 g/mol. The van der Waals surface area contributed by atoms with Crippen LogP contribution in [0.15, 0.2) is 30.3 Å². The molecule has 0 saturated carbocycles. The van der Waals surface area contributed by atoms with Gasteiger partial charge in [0.2, 0.25) is 0 Å². The van der Waals surface area contributed by atoms with E-state index in [1.165, 1.54) is 12.1 Å². The molecular weight excluding hydrogens is 320 g/mol. The van der Waals surface area contributed by atoms with E-state index in [-0.39, 0.29) is 17.8 Å². The molecule has 0 amide bonds. The molecule has 0 aliphatic heterocycles. The van der Waals surface area contributed by atoms with Crippen LogP contribution in [0.25, 0.3) is 0 Å². The summed E-state index contributed by atoms with van der Waals surface area (Å²) in [7, 11) is 0. The van der Waals surface area contributed by atoms with Crippen LogP contribution < -0.4 is 5.32 Å². The van der Waals surface area contributed by atoms with Crippen LogP contribution >= 0.6 is 11.6 Å². The number of hydrogen-bond acceptors (Lipinski definition) is 5. The number of halogens is 1. The molecule has 0 radical (unpaired) electrons. The van der Waals surface area contributed by atoms with Gasteiger partial charge in [0.1, 0.15) is 11.4 Å². The van der Waals surface area contributed by atoms with Crippen LogP contribution in [0.2, 0.25) is 5.02 Å². The molecule has 1 aromatic carbocycles. The molecule has 2 aromatic rings. The molecule has 1 unspecified atom stereocenters. The molecule has 1 heterocycles. The largest absolute Gasteiger partial charge is 0.478 e. The van der Waals surface area contributed by atoms with Gasteiger partial charge in [-0.2, -0.15) is 0 Å². The number of aliphatic hydroxyl groups is 2. The molecular formula is C16H17ClN2O4. The van der Waals surface area contributed by atoms with Crippen LogP contribution in [0.3, 0.4) is 0 Å². The smallest absolute Gasteiger partial charge is 0.339 e. The molecule has 0 spiro atoms. The summed E-state index contributed by atoms with van der Waals surface area (Å²) in [5.41, 5.74) is 1.87. The number of carbonyl (C=O) groups is 1. The van der Waals surface area contributed by atoms with Gasteiger partial charge in [0.15, 0.2) is 0 Å². The van der Waals surface area contributed by atoms with Crippen molar-refractivity contribution in [1.29, 1.82) is 0 Å². The van der Waals surface area contributed by atoms with Crippen molar-refractivity contribution >= 4 is 29.1 Å². The van der Waals surface area contributed by atoms with Crippen molar-refractivity contribution in [1.82, 2.24) is 4.98 Å². The number of aryl methyl sites for hydroxylation is 1. The van der Waals surface area contributed by atoms with Crippen LogP contribution in [0.4, 0.5) is 11.5 Å². The number of aromatic nitrogens is 1. The Kier molecular flexibility index (Phi) is 5.54. The number of rotatable bonds is 6. The fraction of sp³-hybridized carbons (Fsp3) is 0.250. The zero-order valence-electron chi connectivity index (χ0n) is 12.5. The predicted octanol–water partition coefficient (Wildman–Crippen LogP) is 2.38. The van der Waals surface area contributed by atoms with Crippen molar-refractivity contribution in [2.75, 3.05) is 11.9 Å². The molecule has 0 aliphatic carbocycles. The van der Waals surface area contributed by atoms with E-state index in [2.05, 4.69) is 10.3 Å². The third kappa shape index (κ3) is 4.19. The number of nitrogens with zero attached hydrogens (tertiary/aromatic N) is 1. The first-order valence-electron chi connectivity index (χ1n) is 6.96. The topological polar surface area (TPSA) is 103 Å². The van der Waals surface area contributed by atoms with Crippen LogP contribution in [0.5, 0.6) is 0 Å². The van der Waals surface area contributed by atoms with Crippen LogP contribution in [-0.2, 0) is 6.42 Å². The summed E-state index contributed by atoms with van der Waals surface area (Å²) < 4.78 is 0. The lowest BCUT2D eigenvalue weighted by molar-refractivity contribution is 0.0697. The lowest BCUT2D eigenvalue weighted by atomic mass is 10.1. The van der Waals surface area contributed by atoms with Gasteiger partial charge in [0.25, 0.3) is 0 Å². The zero-order valence-corrected chi connectivity index (χ0v) is 13.2. The maximum atomic E-state index is 11.4. The summed E-state index contributed by atoms with van der Waals surface area (Å²) in [6, 6.07) is 8.24. The van der Waals surface area contributed by atoms with Gasteiger partial charge in [0.05, 0.1) is 23.4 Å². The molecule has 1 aromatic heterocycles. The molecule has 0 aliphatic rings. The summed E-state index contributed by atoms with van der Waals surface area (Å²) in [6.07, 6.45) is -0.833. The van der Waals surface area contributed by atoms with E-state index in [1.54, 1.807) is 12.1 Å². The maximum absolute atomic E-state index is 11.4. The van der Waals surface area contributed by atoms with Gasteiger partial charge in [-0.15, -0.1) is 0 Å². The predicted molar refractivity (Wildman–Crippen MR) is 87.5 cm³/mol. The van der Waals surface area contributed by atoms with Crippen molar-refractivity contribution in [3.05, 3.63) is 52.2 Å². The molecule has 6 nitrogen and oxygen atoms in total. The lowest BCUT2D eigenvalue weighted by Crippen LogP contribution is -2.17. The molecule has 1 atom stereocenters. The Morgan fingerprint density at radius 1 is 1.35 bits per heavy atom. The second-order valence-electron chi connectivity index (χ2n) is 5.10. The van der Waals surface area contributed by atoms with Crippen molar-refractivity contribution in [3.63, 3.8) is 0 Å². The maximum Gasteiger partial charge on any atom is 0.339 e. The van der Waals surface area contributed by atoms with E-state index in [0.717, 1.165) is 5.56 Å². The van der Waals surface area contributed by atoms with Crippen molar-refractivity contribution in [3.8, 4) is 0 Å². The van der Waals surface area contributed by atoms with E-state index in [4.69, 9.17) is 16.7 Å². The number of nitrogens with one attached hydrogen (secondary N) is 1. The molecule has 0 fully saturated rings. The number of anilines is 2. The number of para-hydroxylation sites is 1. The van der Waals surface area contributed by atoms with Crippen molar-refractivity contribution < 1.29 is 20.1 Å². The molecule has 23 heavy (non-hydrogen) atoms. The molecule has 0 bridgehead atoms. The van der Waals surface area contributed by atoms with E-state index in [9.17, 15) is 15.0 Å². The van der Waals surface area contributed by atoms with Gasteiger partial charge in [-0.3, -0.25) is 0 Å². The second kappa shape index (κ2) is 7.41. The highest BCUT2D eigenvalue weighted by Gasteiger charge is 2.16. The number of carboxylic acids is 1. The Morgan fingerprint density at radius 3 is 2.70 bits per heavy atom. The SMILES string of the molecule is Cc1cccc(Cl)c1Nc1nc(CC(O)CO)ccc1C(=O)O. The zero-order chi connectivity index (χ0) is 17.0. The third-order valence-corrected chi connectivity index (χ3v) is 3.62. The highest BCUT2D eigenvalue weighted by atomic mass is 35.5. The minimum absolute atomic E-state index is 0.00782. The number of aromatic carboxylic acids is 1. The highest BCUT2D eigenvalue weighted by Crippen LogP contribution is 2.29. The van der Waals surface area contributed by atoms with E-state index >= 15 is 0 Å². The number of pyridine rings is 1. The van der Waals surface area contributed by atoms with E-state index in [0.29, 0.717) is 16.4 Å². The Balaban J connectivity index is 2.41. The van der Waals surface area contributed by atoms with Crippen molar-refractivity contribution in [2.45, 2.75) is 19.4 Å². The molecule has 4 N–H and O–H groups in total. The summed E-state index contributed by atoms with van der Waals surface area (Å²) in [5, 5.41) is 31.1. The van der Waals surface area contributed by atoms with Crippen LogP contribution in [0.1, 0.15) is 21.6 Å².